The molecule has 1 unspecified atom stereocenters. The Morgan fingerprint density at radius 3 is 2.65 bits per heavy atom. The van der Waals surface area contributed by atoms with Crippen molar-refractivity contribution in [1.29, 1.82) is 0 Å². The topological polar surface area (TPSA) is 92.4 Å². The molecule has 0 saturated carbocycles. The van der Waals surface area contributed by atoms with Gasteiger partial charge in [0.25, 0.3) is 5.91 Å². The summed E-state index contributed by atoms with van der Waals surface area (Å²) in [7, 11) is 0. The molecule has 0 heterocycles. The summed E-state index contributed by atoms with van der Waals surface area (Å²) in [6.07, 6.45) is 0.489. The smallest absolute Gasteiger partial charge is 0.306 e. The Morgan fingerprint density at radius 1 is 1.41 bits per heavy atom. The summed E-state index contributed by atoms with van der Waals surface area (Å²) in [6.45, 7) is 2.13. The molecule has 0 aliphatic heterocycles. The molecule has 0 spiro atoms. The number of anilines is 1. The quantitative estimate of drug-likeness (QED) is 0.694. The molecule has 92 valence electrons. The number of benzene rings is 1. The molecule has 0 radical (unpaired) electrons. The van der Waals surface area contributed by atoms with E-state index >= 15 is 0 Å². The van der Waals surface area contributed by atoms with Gasteiger partial charge in [-0.3, -0.25) is 9.59 Å². The van der Waals surface area contributed by atoms with Crippen molar-refractivity contribution in [2.45, 2.75) is 13.3 Å². The maximum Gasteiger partial charge on any atom is 0.306 e. The van der Waals surface area contributed by atoms with E-state index in [-0.39, 0.29) is 0 Å². The van der Waals surface area contributed by atoms with Gasteiger partial charge < -0.3 is 16.2 Å². The minimum atomic E-state index is -0.824. The molecular formula is C12H16N2O3. The molecule has 17 heavy (non-hydrogen) atoms. The third kappa shape index (κ3) is 3.79. The van der Waals surface area contributed by atoms with Crippen LogP contribution >= 0.6 is 0 Å². The number of nitrogens with two attached hydrogens (primary N) is 1. The third-order valence-corrected chi connectivity index (χ3v) is 2.51. The number of aliphatic carboxylic acids is 1. The fourth-order valence-corrected chi connectivity index (χ4v) is 1.40. The Kier molecular flexibility index (Phi) is 4.51. The number of amides is 1. The zero-order chi connectivity index (χ0) is 12.8. The van der Waals surface area contributed by atoms with Gasteiger partial charge >= 0.3 is 5.97 Å². The lowest BCUT2D eigenvalue weighted by molar-refractivity contribution is -0.141. The molecule has 0 bridgehead atoms. The second kappa shape index (κ2) is 5.89. The summed E-state index contributed by atoms with van der Waals surface area (Å²) in [5.74, 6) is -1.74. The highest BCUT2D eigenvalue weighted by Gasteiger charge is 2.11. The second-order valence-electron chi connectivity index (χ2n) is 3.86. The van der Waals surface area contributed by atoms with Gasteiger partial charge in [-0.25, -0.2) is 0 Å². The zero-order valence-electron chi connectivity index (χ0n) is 9.64. The number of nitrogens with one attached hydrogen (secondary N) is 1. The van der Waals surface area contributed by atoms with E-state index in [4.69, 9.17) is 10.8 Å². The van der Waals surface area contributed by atoms with Gasteiger partial charge in [0, 0.05) is 12.2 Å². The fourth-order valence-electron chi connectivity index (χ4n) is 1.40. The van der Waals surface area contributed by atoms with Gasteiger partial charge in [-0.2, -0.15) is 0 Å². The van der Waals surface area contributed by atoms with E-state index in [1.807, 2.05) is 0 Å². The van der Waals surface area contributed by atoms with Crippen molar-refractivity contribution in [2.75, 3.05) is 11.9 Å². The van der Waals surface area contributed by atoms with Gasteiger partial charge in [0.05, 0.1) is 11.5 Å². The number of para-hydroxylation sites is 1. The molecule has 0 aromatic heterocycles. The summed E-state index contributed by atoms with van der Waals surface area (Å²) in [5.41, 5.74) is 6.27. The fraction of sp³-hybridized carbons (Fsp3) is 0.333. The van der Waals surface area contributed by atoms with E-state index in [2.05, 4.69) is 5.32 Å². The predicted octanol–water partition coefficient (Wildman–Crippen LogP) is 1.31. The maximum atomic E-state index is 11.1. The molecule has 0 aliphatic rings. The number of hydrogen-bond acceptors (Lipinski definition) is 3. The van der Waals surface area contributed by atoms with E-state index in [9.17, 15) is 9.59 Å². The van der Waals surface area contributed by atoms with Crippen LogP contribution in [0, 0.1) is 5.92 Å². The first-order valence-corrected chi connectivity index (χ1v) is 5.38. The third-order valence-electron chi connectivity index (χ3n) is 2.51. The van der Waals surface area contributed by atoms with Gasteiger partial charge in [-0.1, -0.05) is 19.1 Å². The molecule has 4 N–H and O–H groups in total. The van der Waals surface area contributed by atoms with E-state index in [0.717, 1.165) is 0 Å². The van der Waals surface area contributed by atoms with Gasteiger partial charge in [0.15, 0.2) is 0 Å². The maximum absolute atomic E-state index is 11.1. The van der Waals surface area contributed by atoms with Crippen LogP contribution in [0.4, 0.5) is 5.69 Å². The van der Waals surface area contributed by atoms with Crippen LogP contribution in [-0.4, -0.2) is 23.5 Å². The molecule has 1 aromatic carbocycles. The highest BCUT2D eigenvalue weighted by molar-refractivity contribution is 5.98. The number of hydrogen-bond donors (Lipinski definition) is 3. The lowest BCUT2D eigenvalue weighted by atomic mass is 10.1. The number of carbonyl (C=O) groups is 2. The lowest BCUT2D eigenvalue weighted by Crippen LogP contribution is -2.17. The van der Waals surface area contributed by atoms with Gasteiger partial charge in [0.1, 0.15) is 0 Å². The van der Waals surface area contributed by atoms with Crippen molar-refractivity contribution in [3.8, 4) is 0 Å². The van der Waals surface area contributed by atoms with Crippen molar-refractivity contribution in [3.63, 3.8) is 0 Å². The minimum Gasteiger partial charge on any atom is -0.481 e. The van der Waals surface area contributed by atoms with Crippen LogP contribution < -0.4 is 11.1 Å². The first-order valence-electron chi connectivity index (χ1n) is 5.38. The predicted molar refractivity (Wildman–Crippen MR) is 64.9 cm³/mol. The van der Waals surface area contributed by atoms with Crippen molar-refractivity contribution in [3.05, 3.63) is 29.8 Å². The summed E-state index contributed by atoms with van der Waals surface area (Å²) >= 11 is 0. The number of primary amides is 1. The van der Waals surface area contributed by atoms with Gasteiger partial charge in [0.2, 0.25) is 0 Å². The van der Waals surface area contributed by atoms with Crippen LogP contribution in [0.1, 0.15) is 23.7 Å². The van der Waals surface area contributed by atoms with Gasteiger partial charge in [-0.05, 0) is 18.6 Å². The molecular weight excluding hydrogens is 220 g/mol. The molecule has 1 amide bonds. The number of carboxylic acid groups (broad SMARTS) is 1. The minimum absolute atomic E-state index is 0.412. The highest BCUT2D eigenvalue weighted by Crippen LogP contribution is 2.14. The molecule has 1 rings (SSSR count). The van der Waals surface area contributed by atoms with Crippen molar-refractivity contribution in [1.82, 2.24) is 0 Å². The Labute approximate surface area is 99.6 Å². The molecule has 1 aromatic rings. The zero-order valence-corrected chi connectivity index (χ0v) is 9.64. The largest absolute Gasteiger partial charge is 0.481 e. The van der Waals surface area contributed by atoms with E-state index in [1.54, 1.807) is 31.2 Å². The number of carboxylic acids is 1. The molecule has 5 nitrogen and oxygen atoms in total. The number of carbonyl (C=O) groups excluding carboxylic acids is 1. The average Bonchev–Trinajstić information content (AvgIpc) is 2.29. The lowest BCUT2D eigenvalue weighted by Gasteiger charge is -2.11. The highest BCUT2D eigenvalue weighted by atomic mass is 16.4. The van der Waals surface area contributed by atoms with E-state index in [0.29, 0.717) is 24.2 Å². The van der Waals surface area contributed by atoms with Crippen LogP contribution in [0.25, 0.3) is 0 Å². The molecule has 0 fully saturated rings. The van der Waals surface area contributed by atoms with Crippen LogP contribution in [0.3, 0.4) is 0 Å². The summed E-state index contributed by atoms with van der Waals surface area (Å²) < 4.78 is 0. The first kappa shape index (κ1) is 13.0. The Hall–Kier alpha value is -2.04. The SMILES string of the molecule is CC(CCNc1ccccc1C(N)=O)C(=O)O. The molecule has 1 atom stereocenters. The molecule has 0 aliphatic carbocycles. The van der Waals surface area contributed by atoms with Crippen molar-refractivity contribution < 1.29 is 14.7 Å². The van der Waals surface area contributed by atoms with Crippen LogP contribution in [0.2, 0.25) is 0 Å². The molecule has 5 heteroatoms. The Bertz CT molecular complexity index is 418. The second-order valence-corrected chi connectivity index (χ2v) is 3.86. The van der Waals surface area contributed by atoms with E-state index in [1.165, 1.54) is 0 Å². The molecule has 0 saturated heterocycles. The summed E-state index contributed by atoms with van der Waals surface area (Å²) in [5, 5.41) is 11.7. The standard InChI is InChI=1S/C12H16N2O3/c1-8(12(16)17)6-7-14-10-5-3-2-4-9(10)11(13)15/h2-5,8,14H,6-7H2,1H3,(H2,13,15)(H,16,17). The summed E-state index contributed by atoms with van der Waals surface area (Å²) in [6, 6.07) is 6.89. The van der Waals surface area contributed by atoms with Crippen molar-refractivity contribution in [2.24, 2.45) is 11.7 Å². The summed E-state index contributed by atoms with van der Waals surface area (Å²) in [4.78, 5) is 21.7. The van der Waals surface area contributed by atoms with E-state index < -0.39 is 17.8 Å². The van der Waals surface area contributed by atoms with Crippen molar-refractivity contribution >= 4 is 17.6 Å². The van der Waals surface area contributed by atoms with Crippen LogP contribution in [0.15, 0.2) is 24.3 Å². The Morgan fingerprint density at radius 2 is 2.06 bits per heavy atom. The number of rotatable bonds is 6. The van der Waals surface area contributed by atoms with Crippen LogP contribution in [0.5, 0.6) is 0 Å². The average molecular weight is 236 g/mol. The Balaban J connectivity index is 2.58. The van der Waals surface area contributed by atoms with Crippen LogP contribution in [-0.2, 0) is 4.79 Å². The normalized spacial score (nSPS) is 11.8. The monoisotopic (exact) mass is 236 g/mol. The van der Waals surface area contributed by atoms with Gasteiger partial charge in [-0.15, -0.1) is 0 Å². The first-order chi connectivity index (χ1) is 8.02.